The summed E-state index contributed by atoms with van der Waals surface area (Å²) in [4.78, 5) is 28.4. The van der Waals surface area contributed by atoms with Gasteiger partial charge in [-0.05, 0) is 36.7 Å². The van der Waals surface area contributed by atoms with Crippen molar-refractivity contribution in [2.45, 2.75) is 26.5 Å². The second kappa shape index (κ2) is 5.73. The van der Waals surface area contributed by atoms with E-state index in [0.29, 0.717) is 23.4 Å². The van der Waals surface area contributed by atoms with Crippen molar-refractivity contribution in [2.24, 2.45) is 5.16 Å². The van der Waals surface area contributed by atoms with Gasteiger partial charge in [0.2, 0.25) is 12.1 Å². The first kappa shape index (κ1) is 14.0. The van der Waals surface area contributed by atoms with Crippen LogP contribution in [0.25, 0.3) is 0 Å². The van der Waals surface area contributed by atoms with Crippen LogP contribution in [-0.2, 0) is 9.57 Å². The fourth-order valence-electron chi connectivity index (χ4n) is 1.91. The minimum atomic E-state index is -0.524. The van der Waals surface area contributed by atoms with E-state index in [0.717, 1.165) is 5.56 Å². The molecule has 6 heteroatoms. The Labute approximate surface area is 116 Å². The number of carbonyl (C=O) groups excluding carboxylic acids is 2. The average Bonchev–Trinajstić information content (AvgIpc) is 2.85. The molecular weight excluding hydrogens is 260 g/mol. The number of amides is 1. The molecule has 1 amide bonds. The van der Waals surface area contributed by atoms with E-state index < -0.39 is 6.23 Å². The van der Waals surface area contributed by atoms with Crippen LogP contribution in [0.4, 0.5) is 0 Å². The number of ether oxygens (including phenoxy) is 1. The van der Waals surface area contributed by atoms with E-state index in [1.165, 1.54) is 14.0 Å². The lowest BCUT2D eigenvalue weighted by Gasteiger charge is -2.12. The highest BCUT2D eigenvalue weighted by molar-refractivity contribution is 5.99. The number of carbonyl (C=O) groups is 2. The van der Waals surface area contributed by atoms with Crippen LogP contribution >= 0.6 is 0 Å². The molecule has 1 aromatic rings. The van der Waals surface area contributed by atoms with Gasteiger partial charge < -0.3 is 14.9 Å². The predicted molar refractivity (Wildman–Crippen MR) is 72.6 cm³/mol. The third kappa shape index (κ3) is 2.96. The van der Waals surface area contributed by atoms with Gasteiger partial charge in [0.05, 0.1) is 13.5 Å². The number of hydrogen-bond donors (Lipinski definition) is 1. The third-order valence-electron chi connectivity index (χ3n) is 3.05. The first-order valence-corrected chi connectivity index (χ1v) is 6.20. The van der Waals surface area contributed by atoms with Crippen molar-refractivity contribution >= 4 is 17.6 Å². The van der Waals surface area contributed by atoms with E-state index in [2.05, 4.69) is 10.5 Å². The topological polar surface area (TPSA) is 77.0 Å². The number of nitrogens with zero attached hydrogens (tertiary/aromatic N) is 1. The Morgan fingerprint density at radius 1 is 1.45 bits per heavy atom. The van der Waals surface area contributed by atoms with Crippen LogP contribution in [0.3, 0.4) is 0 Å². The molecule has 1 aromatic carbocycles. The fourth-order valence-corrected chi connectivity index (χ4v) is 1.91. The Morgan fingerprint density at radius 3 is 2.75 bits per heavy atom. The Morgan fingerprint density at radius 2 is 2.20 bits per heavy atom. The molecule has 0 spiro atoms. The van der Waals surface area contributed by atoms with Crippen LogP contribution in [0.5, 0.6) is 0 Å². The molecule has 1 unspecified atom stereocenters. The number of methoxy groups -OCH3 is 1. The van der Waals surface area contributed by atoms with Crippen LogP contribution in [-0.4, -0.2) is 30.9 Å². The molecule has 2 rings (SSSR count). The number of ketones is 1. The van der Waals surface area contributed by atoms with Crippen LogP contribution in [0.2, 0.25) is 0 Å². The lowest BCUT2D eigenvalue weighted by atomic mass is 10.0. The normalized spacial score (nSPS) is 17.1. The monoisotopic (exact) mass is 276 g/mol. The Bertz CT molecular complexity index is 581. The van der Waals surface area contributed by atoms with Gasteiger partial charge in [-0.25, -0.2) is 0 Å². The molecular formula is C14H16N2O4. The number of nitrogens with one attached hydrogen (secondary N) is 1. The minimum absolute atomic E-state index is 0.0303. The standard InChI is InChI=1S/C14H16N2O4/c1-8-6-10(9(2)17)4-5-11(8)14(18)15-12-7-13(19-3)16-20-12/h4-6,12H,7H2,1-3H3,(H,15,18). The second-order valence-corrected chi connectivity index (χ2v) is 4.55. The quantitative estimate of drug-likeness (QED) is 0.851. The zero-order valence-electron chi connectivity index (χ0n) is 11.6. The number of benzene rings is 1. The second-order valence-electron chi connectivity index (χ2n) is 4.55. The molecule has 0 saturated carbocycles. The molecule has 0 aromatic heterocycles. The van der Waals surface area contributed by atoms with Gasteiger partial charge in [-0.15, -0.1) is 0 Å². The summed E-state index contributed by atoms with van der Waals surface area (Å²) < 4.78 is 4.93. The van der Waals surface area contributed by atoms with E-state index >= 15 is 0 Å². The highest BCUT2D eigenvalue weighted by Gasteiger charge is 2.24. The number of Topliss-reactive ketones (excluding diaryl/α,β-unsaturated/α-hetero) is 1. The van der Waals surface area contributed by atoms with Crippen molar-refractivity contribution in [3.05, 3.63) is 34.9 Å². The first-order chi connectivity index (χ1) is 9.51. The third-order valence-corrected chi connectivity index (χ3v) is 3.05. The number of oxime groups is 1. The summed E-state index contributed by atoms with van der Waals surface area (Å²) >= 11 is 0. The largest absolute Gasteiger partial charge is 0.482 e. The van der Waals surface area contributed by atoms with E-state index in [-0.39, 0.29) is 11.7 Å². The maximum Gasteiger partial charge on any atom is 0.254 e. The molecule has 1 N–H and O–H groups in total. The van der Waals surface area contributed by atoms with Crippen molar-refractivity contribution in [3.8, 4) is 0 Å². The molecule has 1 heterocycles. The number of hydrogen-bond acceptors (Lipinski definition) is 5. The van der Waals surface area contributed by atoms with E-state index in [1.54, 1.807) is 25.1 Å². The zero-order chi connectivity index (χ0) is 14.7. The molecule has 1 atom stereocenters. The lowest BCUT2D eigenvalue weighted by Crippen LogP contribution is -2.35. The molecule has 0 saturated heterocycles. The Balaban J connectivity index is 2.05. The molecule has 0 aliphatic carbocycles. The van der Waals surface area contributed by atoms with Gasteiger partial charge in [-0.3, -0.25) is 9.59 Å². The molecule has 106 valence electrons. The van der Waals surface area contributed by atoms with E-state index in [4.69, 9.17) is 9.57 Å². The first-order valence-electron chi connectivity index (χ1n) is 6.20. The van der Waals surface area contributed by atoms with E-state index in [9.17, 15) is 9.59 Å². The highest BCUT2D eigenvalue weighted by atomic mass is 16.7. The van der Waals surface area contributed by atoms with Gasteiger partial charge in [0.1, 0.15) is 0 Å². The van der Waals surface area contributed by atoms with Crippen LogP contribution in [0, 0.1) is 6.92 Å². The van der Waals surface area contributed by atoms with Gasteiger partial charge in [-0.2, -0.15) is 0 Å². The molecule has 1 aliphatic heterocycles. The predicted octanol–water partition coefficient (Wildman–Crippen LogP) is 1.63. The van der Waals surface area contributed by atoms with Gasteiger partial charge >= 0.3 is 0 Å². The van der Waals surface area contributed by atoms with Crippen LogP contribution in [0.1, 0.15) is 39.6 Å². The molecule has 0 bridgehead atoms. The lowest BCUT2D eigenvalue weighted by molar-refractivity contribution is 0.0501. The molecule has 0 fully saturated rings. The Kier molecular flexibility index (Phi) is 4.02. The smallest absolute Gasteiger partial charge is 0.254 e. The maximum atomic E-state index is 12.1. The van der Waals surface area contributed by atoms with Gasteiger partial charge in [-0.1, -0.05) is 6.07 Å². The van der Waals surface area contributed by atoms with Crippen molar-refractivity contribution in [1.29, 1.82) is 0 Å². The number of aryl methyl sites for hydroxylation is 1. The molecule has 6 nitrogen and oxygen atoms in total. The minimum Gasteiger partial charge on any atom is -0.482 e. The molecule has 1 aliphatic rings. The summed E-state index contributed by atoms with van der Waals surface area (Å²) in [5.41, 5.74) is 1.83. The molecule has 20 heavy (non-hydrogen) atoms. The summed E-state index contributed by atoms with van der Waals surface area (Å²) in [6, 6.07) is 4.97. The summed E-state index contributed by atoms with van der Waals surface area (Å²) in [6.45, 7) is 3.28. The zero-order valence-corrected chi connectivity index (χ0v) is 11.6. The molecule has 0 radical (unpaired) electrons. The SMILES string of the molecule is COC1=NOC(NC(=O)c2ccc(C(C)=O)cc2C)C1. The summed E-state index contributed by atoms with van der Waals surface area (Å²) in [6.07, 6.45) is -0.128. The maximum absolute atomic E-state index is 12.1. The summed E-state index contributed by atoms with van der Waals surface area (Å²) in [5, 5.41) is 6.39. The van der Waals surface area contributed by atoms with Crippen LogP contribution in [0.15, 0.2) is 23.4 Å². The van der Waals surface area contributed by atoms with Gasteiger partial charge in [0, 0.05) is 11.1 Å². The highest BCUT2D eigenvalue weighted by Crippen LogP contribution is 2.14. The van der Waals surface area contributed by atoms with Crippen molar-refractivity contribution < 1.29 is 19.2 Å². The van der Waals surface area contributed by atoms with Crippen LogP contribution < -0.4 is 5.32 Å². The fraction of sp³-hybridized carbons (Fsp3) is 0.357. The summed E-state index contributed by atoms with van der Waals surface area (Å²) in [5.74, 6) is 0.145. The van der Waals surface area contributed by atoms with E-state index in [1.807, 2.05) is 0 Å². The van der Waals surface area contributed by atoms with Gasteiger partial charge in [0.15, 0.2) is 5.78 Å². The van der Waals surface area contributed by atoms with Gasteiger partial charge in [0.25, 0.3) is 5.91 Å². The Hall–Kier alpha value is -2.37. The van der Waals surface area contributed by atoms with Crippen molar-refractivity contribution in [1.82, 2.24) is 5.32 Å². The van der Waals surface area contributed by atoms with Crippen molar-refractivity contribution in [3.63, 3.8) is 0 Å². The number of rotatable bonds is 3. The van der Waals surface area contributed by atoms with Crippen molar-refractivity contribution in [2.75, 3.05) is 7.11 Å². The summed E-state index contributed by atoms with van der Waals surface area (Å²) in [7, 11) is 1.50. The average molecular weight is 276 g/mol.